The van der Waals surface area contributed by atoms with E-state index in [1.54, 1.807) is 23.2 Å². The minimum absolute atomic E-state index is 0.0635. The molecule has 7 heteroatoms. The van der Waals surface area contributed by atoms with E-state index >= 15 is 0 Å². The maximum Gasteiger partial charge on any atom is 0.308 e. The zero-order chi connectivity index (χ0) is 16.4. The molecule has 0 bridgehead atoms. The van der Waals surface area contributed by atoms with Crippen LogP contribution in [0.15, 0.2) is 18.3 Å². The molecule has 1 N–H and O–H groups in total. The Morgan fingerprint density at radius 3 is 2.74 bits per heavy atom. The Balaban J connectivity index is 1.64. The molecule has 2 aliphatic rings. The van der Waals surface area contributed by atoms with Crippen LogP contribution in [0.4, 0.5) is 5.82 Å². The molecular formula is C16H18N4O3. The third-order valence-electron chi connectivity index (χ3n) is 4.62. The first kappa shape index (κ1) is 15.3. The Morgan fingerprint density at radius 1 is 1.39 bits per heavy atom. The summed E-state index contributed by atoms with van der Waals surface area (Å²) in [6.45, 7) is 1.72. The van der Waals surface area contributed by atoms with Crippen LogP contribution in [0.25, 0.3) is 0 Å². The molecule has 0 radical (unpaired) electrons. The van der Waals surface area contributed by atoms with Gasteiger partial charge in [-0.05, 0) is 25.0 Å². The van der Waals surface area contributed by atoms with Crippen LogP contribution in [0.2, 0.25) is 0 Å². The van der Waals surface area contributed by atoms with Gasteiger partial charge in [0, 0.05) is 38.3 Å². The van der Waals surface area contributed by atoms with Crippen molar-refractivity contribution >= 4 is 17.7 Å². The Labute approximate surface area is 134 Å². The zero-order valence-electron chi connectivity index (χ0n) is 12.7. The van der Waals surface area contributed by atoms with Crippen LogP contribution in [0.3, 0.4) is 0 Å². The third kappa shape index (κ3) is 2.97. The Bertz CT molecular complexity index is 662. The third-order valence-corrected chi connectivity index (χ3v) is 4.62. The van der Waals surface area contributed by atoms with Gasteiger partial charge in [0.1, 0.15) is 11.9 Å². The molecule has 7 nitrogen and oxygen atoms in total. The SMILES string of the molecule is N#Cc1cccnc1N1CCC(N2C[C@@H](C(=O)O)CC2=O)CC1. The molecular weight excluding hydrogens is 296 g/mol. The van der Waals surface area contributed by atoms with E-state index in [9.17, 15) is 9.59 Å². The Hall–Kier alpha value is -2.62. The second-order valence-electron chi connectivity index (χ2n) is 5.99. The molecule has 2 fully saturated rings. The number of hydrogen-bond acceptors (Lipinski definition) is 5. The number of aromatic nitrogens is 1. The molecule has 0 spiro atoms. The van der Waals surface area contributed by atoms with E-state index in [0.29, 0.717) is 31.0 Å². The average molecular weight is 314 g/mol. The van der Waals surface area contributed by atoms with Crippen LogP contribution in [0.5, 0.6) is 0 Å². The van der Waals surface area contributed by atoms with Gasteiger partial charge in [-0.1, -0.05) is 0 Å². The van der Waals surface area contributed by atoms with E-state index in [1.165, 1.54) is 0 Å². The number of carboxylic acids is 1. The van der Waals surface area contributed by atoms with E-state index in [2.05, 4.69) is 16.0 Å². The maximum absolute atomic E-state index is 12.0. The summed E-state index contributed by atoms with van der Waals surface area (Å²) in [6.07, 6.45) is 3.30. The highest BCUT2D eigenvalue weighted by atomic mass is 16.4. The Morgan fingerprint density at radius 2 is 2.13 bits per heavy atom. The van der Waals surface area contributed by atoms with Gasteiger partial charge in [-0.3, -0.25) is 9.59 Å². The summed E-state index contributed by atoms with van der Waals surface area (Å²) in [4.78, 5) is 31.2. The molecule has 2 aliphatic heterocycles. The van der Waals surface area contributed by atoms with Crippen LogP contribution >= 0.6 is 0 Å². The lowest BCUT2D eigenvalue weighted by Crippen LogP contribution is -2.46. The van der Waals surface area contributed by atoms with Crippen molar-refractivity contribution in [2.75, 3.05) is 24.5 Å². The normalized spacial score (nSPS) is 22.2. The summed E-state index contributed by atoms with van der Waals surface area (Å²) >= 11 is 0. The number of nitriles is 1. The van der Waals surface area contributed by atoms with Crippen LogP contribution in [0.1, 0.15) is 24.8 Å². The molecule has 2 saturated heterocycles. The first-order chi connectivity index (χ1) is 11.1. The highest BCUT2D eigenvalue weighted by Crippen LogP contribution is 2.28. The number of anilines is 1. The minimum atomic E-state index is -0.898. The summed E-state index contributed by atoms with van der Waals surface area (Å²) < 4.78 is 0. The van der Waals surface area contributed by atoms with E-state index in [-0.39, 0.29) is 18.4 Å². The second-order valence-corrected chi connectivity index (χ2v) is 5.99. The van der Waals surface area contributed by atoms with Crippen molar-refractivity contribution in [3.05, 3.63) is 23.9 Å². The van der Waals surface area contributed by atoms with Crippen LogP contribution < -0.4 is 4.90 Å². The number of rotatable bonds is 3. The lowest BCUT2D eigenvalue weighted by atomic mass is 10.0. The summed E-state index contributed by atoms with van der Waals surface area (Å²) in [5.74, 6) is -0.858. The first-order valence-corrected chi connectivity index (χ1v) is 7.72. The van der Waals surface area contributed by atoms with E-state index < -0.39 is 11.9 Å². The van der Waals surface area contributed by atoms with Crippen molar-refractivity contribution in [1.82, 2.24) is 9.88 Å². The fourth-order valence-corrected chi connectivity index (χ4v) is 3.38. The number of likely N-dealkylation sites (tertiary alicyclic amines) is 1. The van der Waals surface area contributed by atoms with Crippen molar-refractivity contribution < 1.29 is 14.7 Å². The van der Waals surface area contributed by atoms with Gasteiger partial charge in [0.2, 0.25) is 5.91 Å². The molecule has 1 aromatic heterocycles. The fourth-order valence-electron chi connectivity index (χ4n) is 3.38. The Kier molecular flexibility index (Phi) is 4.15. The van der Waals surface area contributed by atoms with Gasteiger partial charge in [-0.15, -0.1) is 0 Å². The van der Waals surface area contributed by atoms with E-state index in [0.717, 1.165) is 12.8 Å². The van der Waals surface area contributed by atoms with Gasteiger partial charge >= 0.3 is 5.97 Å². The van der Waals surface area contributed by atoms with Crippen molar-refractivity contribution in [3.8, 4) is 6.07 Å². The van der Waals surface area contributed by atoms with E-state index in [4.69, 9.17) is 10.4 Å². The number of carboxylic acid groups (broad SMARTS) is 1. The largest absolute Gasteiger partial charge is 0.481 e. The van der Waals surface area contributed by atoms with Crippen molar-refractivity contribution in [3.63, 3.8) is 0 Å². The van der Waals surface area contributed by atoms with Gasteiger partial charge in [0.15, 0.2) is 0 Å². The number of pyridine rings is 1. The summed E-state index contributed by atoms with van der Waals surface area (Å²) in [5, 5.41) is 18.2. The number of carbonyl (C=O) groups is 2. The fraction of sp³-hybridized carbons (Fsp3) is 0.500. The highest BCUT2D eigenvalue weighted by molar-refractivity contribution is 5.86. The first-order valence-electron chi connectivity index (χ1n) is 7.72. The summed E-state index contributed by atoms with van der Waals surface area (Å²) in [5.41, 5.74) is 0.550. The molecule has 23 heavy (non-hydrogen) atoms. The number of aliphatic carboxylic acids is 1. The molecule has 0 unspecified atom stereocenters. The van der Waals surface area contributed by atoms with Crippen LogP contribution in [-0.2, 0) is 9.59 Å². The molecule has 3 heterocycles. The van der Waals surface area contributed by atoms with Gasteiger partial charge in [-0.25, -0.2) is 4.98 Å². The molecule has 0 saturated carbocycles. The summed E-state index contributed by atoms with van der Waals surface area (Å²) in [7, 11) is 0. The predicted molar refractivity (Wildman–Crippen MR) is 81.6 cm³/mol. The van der Waals surface area contributed by atoms with Crippen molar-refractivity contribution in [2.45, 2.75) is 25.3 Å². The number of amides is 1. The second kappa shape index (κ2) is 6.24. The van der Waals surface area contributed by atoms with Crippen LogP contribution in [0, 0.1) is 17.2 Å². The number of hydrogen-bond donors (Lipinski definition) is 1. The molecule has 120 valence electrons. The topological polar surface area (TPSA) is 97.5 Å². The molecule has 1 atom stereocenters. The average Bonchev–Trinajstić information content (AvgIpc) is 2.97. The minimum Gasteiger partial charge on any atom is -0.481 e. The van der Waals surface area contributed by atoms with Crippen LogP contribution in [-0.4, -0.2) is 52.5 Å². The molecule has 0 aromatic carbocycles. The van der Waals surface area contributed by atoms with Crippen molar-refractivity contribution in [1.29, 1.82) is 5.26 Å². The standard InChI is InChI=1S/C16H18N4O3/c17-9-11-2-1-5-18-15(11)19-6-3-13(4-7-19)20-10-12(16(22)23)8-14(20)21/h1-2,5,12-13H,3-4,6-8,10H2,(H,22,23)/t12-/m0/s1. The summed E-state index contributed by atoms with van der Waals surface area (Å²) in [6, 6.07) is 5.72. The van der Waals surface area contributed by atoms with Gasteiger partial charge in [0.05, 0.1) is 11.5 Å². The zero-order valence-corrected chi connectivity index (χ0v) is 12.7. The highest BCUT2D eigenvalue weighted by Gasteiger charge is 2.39. The lowest BCUT2D eigenvalue weighted by Gasteiger charge is -2.37. The van der Waals surface area contributed by atoms with E-state index in [1.807, 2.05) is 0 Å². The number of carbonyl (C=O) groups excluding carboxylic acids is 1. The molecule has 3 rings (SSSR count). The number of piperidine rings is 1. The van der Waals surface area contributed by atoms with Gasteiger partial charge in [0.25, 0.3) is 0 Å². The maximum atomic E-state index is 12.0. The molecule has 0 aliphatic carbocycles. The lowest BCUT2D eigenvalue weighted by molar-refractivity contribution is -0.141. The smallest absolute Gasteiger partial charge is 0.308 e. The predicted octanol–water partition coefficient (Wildman–Crippen LogP) is 0.855. The number of nitrogens with zero attached hydrogens (tertiary/aromatic N) is 4. The monoisotopic (exact) mass is 314 g/mol. The van der Waals surface area contributed by atoms with Gasteiger partial charge < -0.3 is 14.9 Å². The molecule has 1 aromatic rings. The van der Waals surface area contributed by atoms with Crippen molar-refractivity contribution in [2.24, 2.45) is 5.92 Å². The quantitative estimate of drug-likeness (QED) is 0.888. The molecule has 1 amide bonds. The van der Waals surface area contributed by atoms with Gasteiger partial charge in [-0.2, -0.15) is 5.26 Å².